The van der Waals surface area contributed by atoms with E-state index in [0.717, 1.165) is 12.1 Å². The minimum atomic E-state index is -0.346. The van der Waals surface area contributed by atoms with Gasteiger partial charge in [-0.2, -0.15) is 0 Å². The molecule has 1 aliphatic rings. The number of pyridine rings is 1. The first-order valence-corrected chi connectivity index (χ1v) is 7.83. The quantitative estimate of drug-likeness (QED) is 0.858. The molecule has 1 N–H and O–H groups in total. The molecule has 3 rings (SSSR count). The van der Waals surface area contributed by atoms with E-state index in [0.29, 0.717) is 34.4 Å². The maximum absolute atomic E-state index is 12.2. The second-order valence-electron chi connectivity index (χ2n) is 5.14. The molecule has 1 aromatic carbocycles. The van der Waals surface area contributed by atoms with Gasteiger partial charge in [0.15, 0.2) is 0 Å². The van der Waals surface area contributed by atoms with Crippen LogP contribution in [0.5, 0.6) is 0 Å². The Labute approximate surface area is 143 Å². The van der Waals surface area contributed by atoms with Crippen molar-refractivity contribution in [2.45, 2.75) is 12.8 Å². The second kappa shape index (κ2) is 6.56. The van der Waals surface area contributed by atoms with Crippen LogP contribution in [0.4, 0.5) is 11.4 Å². The molecule has 0 unspecified atom stereocenters. The van der Waals surface area contributed by atoms with Crippen molar-refractivity contribution >= 4 is 46.4 Å². The van der Waals surface area contributed by atoms with Gasteiger partial charge in [0.05, 0.1) is 16.3 Å². The summed E-state index contributed by atoms with van der Waals surface area (Å²) < 4.78 is 0. The molecule has 23 heavy (non-hydrogen) atoms. The third-order valence-corrected chi connectivity index (χ3v) is 4.13. The molecule has 2 aromatic rings. The van der Waals surface area contributed by atoms with Crippen LogP contribution >= 0.6 is 23.2 Å². The summed E-state index contributed by atoms with van der Waals surface area (Å²) in [5.74, 6) is -0.271. The lowest BCUT2D eigenvalue weighted by atomic mass is 10.2. The molecule has 5 nitrogen and oxygen atoms in total. The summed E-state index contributed by atoms with van der Waals surface area (Å²) >= 11 is 11.8. The van der Waals surface area contributed by atoms with Crippen LogP contribution in [0.1, 0.15) is 23.2 Å². The lowest BCUT2D eigenvalue weighted by Gasteiger charge is -2.17. The van der Waals surface area contributed by atoms with Gasteiger partial charge in [-0.1, -0.05) is 23.2 Å². The van der Waals surface area contributed by atoms with E-state index in [-0.39, 0.29) is 11.8 Å². The van der Waals surface area contributed by atoms with E-state index in [9.17, 15) is 9.59 Å². The number of benzene rings is 1. The van der Waals surface area contributed by atoms with E-state index in [1.807, 2.05) is 0 Å². The first-order chi connectivity index (χ1) is 11.0. The number of rotatable bonds is 3. The zero-order valence-electron chi connectivity index (χ0n) is 12.1. The Morgan fingerprint density at radius 2 is 2.04 bits per heavy atom. The number of halogens is 2. The van der Waals surface area contributed by atoms with Crippen molar-refractivity contribution in [3.05, 3.63) is 52.3 Å². The van der Waals surface area contributed by atoms with Crippen molar-refractivity contribution in [2.24, 2.45) is 0 Å². The second-order valence-corrected chi connectivity index (χ2v) is 5.93. The van der Waals surface area contributed by atoms with Gasteiger partial charge in [-0.15, -0.1) is 0 Å². The van der Waals surface area contributed by atoms with Gasteiger partial charge in [0.25, 0.3) is 5.91 Å². The average Bonchev–Trinajstić information content (AvgIpc) is 2.96. The molecule has 0 bridgehead atoms. The van der Waals surface area contributed by atoms with Crippen LogP contribution in [0.15, 0.2) is 36.5 Å². The van der Waals surface area contributed by atoms with Gasteiger partial charge >= 0.3 is 0 Å². The molecule has 118 valence electrons. The number of hydrogen-bond donors (Lipinski definition) is 1. The van der Waals surface area contributed by atoms with Crippen molar-refractivity contribution < 1.29 is 9.59 Å². The zero-order valence-corrected chi connectivity index (χ0v) is 13.6. The molecule has 0 spiro atoms. The van der Waals surface area contributed by atoms with E-state index in [4.69, 9.17) is 23.2 Å². The molecule has 1 saturated heterocycles. The Morgan fingerprint density at radius 1 is 1.22 bits per heavy atom. The number of carbonyl (C=O) groups excluding carboxylic acids is 2. The van der Waals surface area contributed by atoms with Crippen molar-refractivity contribution in [2.75, 3.05) is 16.8 Å². The SMILES string of the molecule is O=C(Nc1cc(N2CCCC2=O)ccc1Cl)c1ccc(Cl)nc1. The first-order valence-electron chi connectivity index (χ1n) is 7.07. The number of hydrogen-bond acceptors (Lipinski definition) is 3. The van der Waals surface area contributed by atoms with Gasteiger partial charge in [0.1, 0.15) is 5.15 Å². The molecule has 1 fully saturated rings. The van der Waals surface area contributed by atoms with E-state index in [2.05, 4.69) is 10.3 Å². The monoisotopic (exact) mass is 349 g/mol. The third kappa shape index (κ3) is 3.46. The predicted octanol–water partition coefficient (Wildman–Crippen LogP) is 3.77. The number of aromatic nitrogens is 1. The molecule has 0 aliphatic carbocycles. The average molecular weight is 350 g/mol. The van der Waals surface area contributed by atoms with E-state index < -0.39 is 0 Å². The molecule has 0 atom stereocenters. The van der Waals surface area contributed by atoms with Gasteiger partial charge in [-0.05, 0) is 36.8 Å². The normalized spacial score (nSPS) is 14.2. The number of carbonyl (C=O) groups is 2. The summed E-state index contributed by atoms with van der Waals surface area (Å²) in [4.78, 5) is 29.6. The van der Waals surface area contributed by atoms with Crippen LogP contribution in [0.25, 0.3) is 0 Å². The lowest BCUT2D eigenvalue weighted by molar-refractivity contribution is -0.117. The van der Waals surface area contributed by atoms with Crippen LogP contribution in [-0.2, 0) is 4.79 Å². The molecule has 1 aromatic heterocycles. The largest absolute Gasteiger partial charge is 0.321 e. The van der Waals surface area contributed by atoms with Crippen LogP contribution < -0.4 is 10.2 Å². The number of nitrogens with one attached hydrogen (secondary N) is 1. The van der Waals surface area contributed by atoms with Crippen LogP contribution in [0, 0.1) is 0 Å². The van der Waals surface area contributed by atoms with Crippen molar-refractivity contribution in [1.29, 1.82) is 0 Å². The van der Waals surface area contributed by atoms with Crippen LogP contribution in [-0.4, -0.2) is 23.3 Å². The van der Waals surface area contributed by atoms with Crippen LogP contribution in [0.2, 0.25) is 10.2 Å². The zero-order chi connectivity index (χ0) is 16.4. The topological polar surface area (TPSA) is 62.3 Å². The van der Waals surface area contributed by atoms with Gasteiger partial charge in [-0.3, -0.25) is 9.59 Å². The van der Waals surface area contributed by atoms with Gasteiger partial charge in [0, 0.05) is 24.8 Å². The Morgan fingerprint density at radius 3 is 2.70 bits per heavy atom. The van der Waals surface area contributed by atoms with E-state index in [1.165, 1.54) is 12.3 Å². The Kier molecular flexibility index (Phi) is 4.50. The molecule has 0 saturated carbocycles. The molecule has 7 heteroatoms. The smallest absolute Gasteiger partial charge is 0.257 e. The van der Waals surface area contributed by atoms with Gasteiger partial charge in [0.2, 0.25) is 5.91 Å². The third-order valence-electron chi connectivity index (χ3n) is 3.57. The maximum Gasteiger partial charge on any atom is 0.257 e. The number of amides is 2. The molecule has 2 heterocycles. The highest BCUT2D eigenvalue weighted by Gasteiger charge is 2.22. The van der Waals surface area contributed by atoms with E-state index >= 15 is 0 Å². The summed E-state index contributed by atoms with van der Waals surface area (Å²) in [6.07, 6.45) is 2.76. The fraction of sp³-hybridized carbons (Fsp3) is 0.188. The molecule has 1 aliphatic heterocycles. The van der Waals surface area contributed by atoms with Crippen molar-refractivity contribution in [1.82, 2.24) is 4.98 Å². The minimum absolute atomic E-state index is 0.0755. The molecular weight excluding hydrogens is 337 g/mol. The van der Waals surface area contributed by atoms with Crippen molar-refractivity contribution in [3.8, 4) is 0 Å². The Hall–Kier alpha value is -2.11. The fourth-order valence-electron chi connectivity index (χ4n) is 2.40. The molecular formula is C16H13Cl2N3O2. The highest BCUT2D eigenvalue weighted by molar-refractivity contribution is 6.34. The predicted molar refractivity (Wildman–Crippen MR) is 90.2 cm³/mol. The lowest BCUT2D eigenvalue weighted by Crippen LogP contribution is -2.23. The first kappa shape index (κ1) is 15.8. The molecule has 2 amide bonds. The summed E-state index contributed by atoms with van der Waals surface area (Å²) in [5, 5.41) is 3.45. The Balaban J connectivity index is 1.83. The van der Waals surface area contributed by atoms with Crippen LogP contribution in [0.3, 0.4) is 0 Å². The summed E-state index contributed by atoms with van der Waals surface area (Å²) in [7, 11) is 0. The summed E-state index contributed by atoms with van der Waals surface area (Å²) in [6.45, 7) is 0.676. The molecule has 0 radical (unpaired) electrons. The standard InChI is InChI=1S/C16H13Cl2N3O2/c17-12-5-4-11(21-7-1-2-15(21)22)8-13(12)20-16(23)10-3-6-14(18)19-9-10/h3-6,8-9H,1-2,7H2,(H,20,23). The Bertz CT molecular complexity index is 762. The summed E-state index contributed by atoms with van der Waals surface area (Å²) in [6, 6.07) is 8.25. The maximum atomic E-state index is 12.2. The number of anilines is 2. The van der Waals surface area contributed by atoms with Crippen molar-refractivity contribution in [3.63, 3.8) is 0 Å². The van der Waals surface area contributed by atoms with E-state index in [1.54, 1.807) is 29.2 Å². The fourth-order valence-corrected chi connectivity index (χ4v) is 2.68. The highest BCUT2D eigenvalue weighted by Crippen LogP contribution is 2.30. The highest BCUT2D eigenvalue weighted by atomic mass is 35.5. The van der Waals surface area contributed by atoms with Gasteiger partial charge in [-0.25, -0.2) is 4.98 Å². The minimum Gasteiger partial charge on any atom is -0.321 e. The number of nitrogens with zero attached hydrogens (tertiary/aromatic N) is 2. The summed E-state index contributed by atoms with van der Waals surface area (Å²) in [5.41, 5.74) is 1.54. The van der Waals surface area contributed by atoms with Gasteiger partial charge < -0.3 is 10.2 Å².